The summed E-state index contributed by atoms with van der Waals surface area (Å²) >= 11 is 0. The Morgan fingerprint density at radius 3 is 2.49 bits per heavy atom. The van der Waals surface area contributed by atoms with E-state index < -0.39 is 45.6 Å². The summed E-state index contributed by atoms with van der Waals surface area (Å²) in [6, 6.07) is 10.4. The molecule has 238 valence electrons. The first-order valence-electron chi connectivity index (χ1n) is 14.0. The molecule has 1 saturated heterocycles. The van der Waals surface area contributed by atoms with Crippen LogP contribution in [0.25, 0.3) is 0 Å². The van der Waals surface area contributed by atoms with Crippen LogP contribution < -0.4 is 25.4 Å². The Labute approximate surface area is 259 Å². The normalized spacial score (nSPS) is 16.4. The van der Waals surface area contributed by atoms with Crippen molar-refractivity contribution in [3.8, 4) is 11.5 Å². The third kappa shape index (κ3) is 6.23. The van der Waals surface area contributed by atoms with Crippen LogP contribution in [0, 0.1) is 5.82 Å². The highest BCUT2D eigenvalue weighted by Gasteiger charge is 2.38. The van der Waals surface area contributed by atoms with Gasteiger partial charge in [-0.15, -0.1) is 0 Å². The summed E-state index contributed by atoms with van der Waals surface area (Å²) in [7, 11) is 0.384. The maximum Gasteiger partial charge on any atom is 0.411 e. The number of likely N-dealkylation sites (tertiary alicyclic amines) is 1. The molecule has 2 atom stereocenters. The van der Waals surface area contributed by atoms with E-state index in [1.807, 2.05) is 0 Å². The van der Waals surface area contributed by atoms with Crippen molar-refractivity contribution in [2.24, 2.45) is 0 Å². The standard InChI is InChI=1S/C31H33FN4O8S/c1-42-23-11-8-17(14-24(23)43-2)28(35-21-10-7-18-16-33-29(37)26(18)27(21)32)30(38)36-13-5-6-22(36)20-15-19(34-31(39)44-3)9-12-25(20)45(4,40)41/h7-12,14-15,22,28,35H,5-6,13,16H2,1-4H3,(H,33,37)(H,34,39)/t22-,28?/m1/s1. The summed E-state index contributed by atoms with van der Waals surface area (Å²) in [5.41, 5.74) is 1.38. The van der Waals surface area contributed by atoms with E-state index in [4.69, 9.17) is 9.47 Å². The molecule has 3 aromatic carbocycles. The highest BCUT2D eigenvalue weighted by atomic mass is 32.2. The van der Waals surface area contributed by atoms with Gasteiger partial charge in [-0.05, 0) is 65.9 Å². The van der Waals surface area contributed by atoms with Gasteiger partial charge < -0.3 is 29.7 Å². The molecular formula is C31H33FN4O8S. The Kier molecular flexibility index (Phi) is 8.87. The Morgan fingerprint density at radius 2 is 1.80 bits per heavy atom. The van der Waals surface area contributed by atoms with Crippen LogP contribution in [0.4, 0.5) is 20.6 Å². The number of halogens is 1. The van der Waals surface area contributed by atoms with Crippen molar-refractivity contribution >= 4 is 39.1 Å². The molecule has 45 heavy (non-hydrogen) atoms. The Morgan fingerprint density at radius 1 is 1.04 bits per heavy atom. The molecule has 0 aromatic heterocycles. The summed E-state index contributed by atoms with van der Waals surface area (Å²) in [5.74, 6) is -1.06. The Bertz CT molecular complexity index is 1780. The van der Waals surface area contributed by atoms with Gasteiger partial charge in [-0.2, -0.15) is 0 Å². The van der Waals surface area contributed by atoms with E-state index in [2.05, 4.69) is 20.7 Å². The minimum atomic E-state index is -3.74. The fourth-order valence-electron chi connectivity index (χ4n) is 5.77. The number of fused-ring (bicyclic) bond motifs is 1. The zero-order valence-electron chi connectivity index (χ0n) is 25.1. The van der Waals surface area contributed by atoms with Gasteiger partial charge >= 0.3 is 6.09 Å². The molecule has 0 spiro atoms. The fourth-order valence-corrected chi connectivity index (χ4v) is 6.71. The molecule has 1 fully saturated rings. The molecule has 14 heteroatoms. The molecule has 2 aliphatic rings. The minimum Gasteiger partial charge on any atom is -0.493 e. The van der Waals surface area contributed by atoms with E-state index in [1.54, 1.807) is 24.3 Å². The van der Waals surface area contributed by atoms with Crippen molar-refractivity contribution in [2.75, 3.05) is 44.8 Å². The average Bonchev–Trinajstić information content (AvgIpc) is 3.67. The van der Waals surface area contributed by atoms with E-state index in [1.165, 1.54) is 50.5 Å². The van der Waals surface area contributed by atoms with E-state index >= 15 is 4.39 Å². The Balaban J connectivity index is 1.59. The monoisotopic (exact) mass is 640 g/mol. The van der Waals surface area contributed by atoms with Crippen molar-refractivity contribution in [1.82, 2.24) is 10.2 Å². The van der Waals surface area contributed by atoms with Crippen LogP contribution in [-0.4, -0.2) is 65.4 Å². The number of methoxy groups -OCH3 is 3. The number of rotatable bonds is 9. The van der Waals surface area contributed by atoms with E-state index in [9.17, 15) is 22.8 Å². The number of anilines is 2. The quantitative estimate of drug-likeness (QED) is 0.313. The predicted molar refractivity (Wildman–Crippen MR) is 163 cm³/mol. The summed E-state index contributed by atoms with van der Waals surface area (Å²) in [5, 5.41) is 8.15. The second kappa shape index (κ2) is 12.6. The molecule has 5 rings (SSSR count). The zero-order chi connectivity index (χ0) is 32.5. The molecule has 2 heterocycles. The van der Waals surface area contributed by atoms with Crippen molar-refractivity contribution in [2.45, 2.75) is 36.4 Å². The number of carbonyl (C=O) groups is 3. The molecule has 0 radical (unpaired) electrons. The molecule has 0 aliphatic carbocycles. The van der Waals surface area contributed by atoms with Crippen LogP contribution >= 0.6 is 0 Å². The van der Waals surface area contributed by atoms with Gasteiger partial charge in [0.05, 0.1) is 43.5 Å². The topological polar surface area (TPSA) is 152 Å². The lowest BCUT2D eigenvalue weighted by atomic mass is 10.00. The summed E-state index contributed by atoms with van der Waals surface area (Å²) < 4.78 is 56.9. The van der Waals surface area contributed by atoms with Gasteiger partial charge in [0, 0.05) is 25.0 Å². The van der Waals surface area contributed by atoms with Crippen LogP contribution in [-0.2, 0) is 25.9 Å². The van der Waals surface area contributed by atoms with Crippen LogP contribution in [0.2, 0.25) is 0 Å². The average molecular weight is 641 g/mol. The second-order valence-electron chi connectivity index (χ2n) is 10.7. The van der Waals surface area contributed by atoms with Gasteiger partial charge in [0.25, 0.3) is 5.91 Å². The number of ether oxygens (including phenoxy) is 3. The smallest absolute Gasteiger partial charge is 0.411 e. The number of nitrogens with one attached hydrogen (secondary N) is 3. The first-order valence-corrected chi connectivity index (χ1v) is 15.9. The maximum atomic E-state index is 15.7. The summed E-state index contributed by atoms with van der Waals surface area (Å²) in [4.78, 5) is 40.3. The minimum absolute atomic E-state index is 0.00826. The fraction of sp³-hybridized carbons (Fsp3) is 0.323. The van der Waals surface area contributed by atoms with Crippen LogP contribution in [0.5, 0.6) is 11.5 Å². The maximum absolute atomic E-state index is 15.7. The van der Waals surface area contributed by atoms with E-state index in [0.29, 0.717) is 41.0 Å². The second-order valence-corrected chi connectivity index (χ2v) is 12.7. The summed E-state index contributed by atoms with van der Waals surface area (Å²) in [6.45, 7) is 0.480. The molecule has 2 aliphatic heterocycles. The SMILES string of the molecule is COC(=O)Nc1ccc(S(C)(=O)=O)c([C@H]2CCCN2C(=O)C(Nc2ccc3c(c2F)C(=O)NC3)c2ccc(OC)c(OC)c2)c1. The van der Waals surface area contributed by atoms with Gasteiger partial charge in [0.15, 0.2) is 27.2 Å². The third-order valence-electron chi connectivity index (χ3n) is 7.92. The molecule has 1 unspecified atom stereocenters. The highest BCUT2D eigenvalue weighted by Crippen LogP contribution is 2.40. The molecule has 0 saturated carbocycles. The highest BCUT2D eigenvalue weighted by molar-refractivity contribution is 7.90. The number of sulfone groups is 1. The molecule has 12 nitrogen and oxygen atoms in total. The lowest BCUT2D eigenvalue weighted by Crippen LogP contribution is -2.38. The van der Waals surface area contributed by atoms with Crippen molar-refractivity contribution in [1.29, 1.82) is 0 Å². The first-order chi connectivity index (χ1) is 21.5. The van der Waals surface area contributed by atoms with Gasteiger partial charge in [-0.1, -0.05) is 12.1 Å². The third-order valence-corrected chi connectivity index (χ3v) is 9.09. The number of nitrogens with zero attached hydrogens (tertiary/aromatic N) is 1. The lowest BCUT2D eigenvalue weighted by Gasteiger charge is -2.31. The van der Waals surface area contributed by atoms with Crippen molar-refractivity contribution in [3.05, 3.63) is 76.6 Å². The largest absolute Gasteiger partial charge is 0.493 e. The Hall–Kier alpha value is -4.85. The predicted octanol–water partition coefficient (Wildman–Crippen LogP) is 4.19. The van der Waals surface area contributed by atoms with Crippen molar-refractivity contribution in [3.63, 3.8) is 0 Å². The van der Waals surface area contributed by atoms with Gasteiger partial charge in [0.1, 0.15) is 6.04 Å². The molecule has 3 aromatic rings. The zero-order valence-corrected chi connectivity index (χ0v) is 25.9. The van der Waals surface area contributed by atoms with Gasteiger partial charge in [-0.3, -0.25) is 14.9 Å². The number of carbonyl (C=O) groups excluding carboxylic acids is 3. The first kappa shape index (κ1) is 31.6. The van der Waals surface area contributed by atoms with E-state index in [0.717, 1.165) is 6.26 Å². The number of benzene rings is 3. The number of hydrogen-bond donors (Lipinski definition) is 3. The molecular weight excluding hydrogens is 607 g/mol. The molecule has 3 N–H and O–H groups in total. The number of hydrogen-bond acceptors (Lipinski definition) is 9. The van der Waals surface area contributed by atoms with Crippen LogP contribution in [0.3, 0.4) is 0 Å². The van der Waals surface area contributed by atoms with Crippen LogP contribution in [0.15, 0.2) is 53.4 Å². The number of amides is 3. The van der Waals surface area contributed by atoms with Crippen molar-refractivity contribution < 1.29 is 41.4 Å². The summed E-state index contributed by atoms with van der Waals surface area (Å²) in [6.07, 6.45) is 1.32. The van der Waals surface area contributed by atoms with E-state index in [-0.39, 0.29) is 34.9 Å². The lowest BCUT2D eigenvalue weighted by molar-refractivity contribution is -0.133. The molecule has 3 amide bonds. The van der Waals surface area contributed by atoms with Crippen LogP contribution in [0.1, 0.15) is 52.0 Å². The van der Waals surface area contributed by atoms with Gasteiger partial charge in [-0.25, -0.2) is 17.6 Å². The van der Waals surface area contributed by atoms with Gasteiger partial charge in [0.2, 0.25) is 5.91 Å². The molecule has 0 bridgehead atoms.